The number of carbonyl (C=O) groups excluding carboxylic acids is 1. The first kappa shape index (κ1) is 30.8. The summed E-state index contributed by atoms with van der Waals surface area (Å²) < 4.78 is 83.2. The lowest BCUT2D eigenvalue weighted by atomic mass is 10.1. The van der Waals surface area contributed by atoms with Crippen molar-refractivity contribution < 1.29 is 40.6 Å². The van der Waals surface area contributed by atoms with Gasteiger partial charge in [-0.25, -0.2) is 18.1 Å². The van der Waals surface area contributed by atoms with E-state index in [1.165, 1.54) is 33.7 Å². The Kier molecular flexibility index (Phi) is 8.34. The second-order valence-corrected chi connectivity index (χ2v) is 10.6. The van der Waals surface area contributed by atoms with Crippen LogP contribution in [0.25, 0.3) is 16.9 Å². The van der Waals surface area contributed by atoms with Gasteiger partial charge in [-0.2, -0.15) is 27.9 Å². The van der Waals surface area contributed by atoms with Crippen LogP contribution < -0.4 is 29.8 Å². The van der Waals surface area contributed by atoms with E-state index in [0.717, 1.165) is 28.7 Å². The molecule has 43 heavy (non-hydrogen) atoms. The molecule has 0 aliphatic heterocycles. The molecule has 0 saturated heterocycles. The van der Waals surface area contributed by atoms with Crippen LogP contribution in [-0.2, 0) is 23.2 Å². The van der Waals surface area contributed by atoms with Gasteiger partial charge in [0.2, 0.25) is 21.9 Å². The van der Waals surface area contributed by atoms with Crippen LogP contribution in [0.2, 0.25) is 0 Å². The van der Waals surface area contributed by atoms with Crippen molar-refractivity contribution in [2.24, 2.45) is 7.05 Å². The van der Waals surface area contributed by atoms with Crippen LogP contribution in [0.5, 0.6) is 17.4 Å². The van der Waals surface area contributed by atoms with Crippen molar-refractivity contribution in [2.75, 3.05) is 32.9 Å². The standard InChI is InChI=1S/C25H24F3N7O7S/c1-34-12-13(6-17(23(34)37)22(36)33-43(5,38)39)18-11-29-24(30-14-7-15(40-2)9-16(8-14)41-3)31-21(18)35-20(42-4)10-19(32-35)25(26,27)28/h6-12H,1-5H3,(H,33,36)(H,29,30,31). The quantitative estimate of drug-likeness (QED) is 0.281. The Morgan fingerprint density at radius 2 is 1.65 bits per heavy atom. The Hall–Kier alpha value is -5.13. The molecule has 0 aliphatic carbocycles. The SMILES string of the molecule is COc1cc(Nc2ncc(-c3cc(C(=O)NS(C)(=O)=O)c(=O)n(C)c3)c(-n3nc(C(F)(F)F)cc3OC)n2)cc(OC)c1. The average Bonchev–Trinajstić information content (AvgIpc) is 3.38. The summed E-state index contributed by atoms with van der Waals surface area (Å²) in [6, 6.07) is 6.53. The number of alkyl halides is 3. The predicted molar refractivity (Wildman–Crippen MR) is 147 cm³/mol. The zero-order valence-electron chi connectivity index (χ0n) is 23.2. The number of sulfonamides is 1. The molecule has 2 N–H and O–H groups in total. The van der Waals surface area contributed by atoms with E-state index < -0.39 is 38.9 Å². The normalized spacial score (nSPS) is 11.6. The van der Waals surface area contributed by atoms with Crippen molar-refractivity contribution in [3.8, 4) is 34.3 Å². The Balaban J connectivity index is 1.94. The molecule has 0 spiro atoms. The first-order valence-corrected chi connectivity index (χ1v) is 13.8. The van der Waals surface area contributed by atoms with E-state index in [9.17, 15) is 31.2 Å². The number of nitrogens with one attached hydrogen (secondary N) is 2. The molecule has 0 unspecified atom stereocenters. The van der Waals surface area contributed by atoms with Crippen molar-refractivity contribution in [2.45, 2.75) is 6.18 Å². The van der Waals surface area contributed by atoms with Crippen molar-refractivity contribution in [3.05, 3.63) is 64.3 Å². The van der Waals surface area contributed by atoms with Crippen molar-refractivity contribution in [3.63, 3.8) is 0 Å². The third-order valence-corrected chi connectivity index (χ3v) is 6.33. The maximum absolute atomic E-state index is 13.6. The van der Waals surface area contributed by atoms with E-state index in [1.54, 1.807) is 22.9 Å². The summed E-state index contributed by atoms with van der Waals surface area (Å²) in [5.41, 5.74) is -2.21. The highest BCUT2D eigenvalue weighted by atomic mass is 32.2. The molecule has 18 heteroatoms. The Morgan fingerprint density at radius 1 is 1.00 bits per heavy atom. The average molecular weight is 624 g/mol. The van der Waals surface area contributed by atoms with Crippen LogP contribution in [0.4, 0.5) is 24.8 Å². The summed E-state index contributed by atoms with van der Waals surface area (Å²) in [5.74, 6) is -1.05. The minimum atomic E-state index is -4.84. The van der Waals surface area contributed by atoms with Crippen LogP contribution in [0.1, 0.15) is 16.1 Å². The van der Waals surface area contributed by atoms with Crippen LogP contribution in [0.15, 0.2) is 47.5 Å². The molecule has 0 atom stereocenters. The molecular formula is C25H24F3N7O7S. The van der Waals surface area contributed by atoms with Crippen molar-refractivity contribution in [1.29, 1.82) is 0 Å². The van der Waals surface area contributed by atoms with E-state index in [-0.39, 0.29) is 28.8 Å². The monoisotopic (exact) mass is 623 g/mol. The largest absolute Gasteiger partial charge is 0.497 e. The second-order valence-electron chi connectivity index (χ2n) is 8.90. The van der Waals surface area contributed by atoms with E-state index in [2.05, 4.69) is 20.4 Å². The number of rotatable bonds is 9. The molecule has 0 aliphatic rings. The summed E-state index contributed by atoms with van der Waals surface area (Å²) in [6.45, 7) is 0. The van der Waals surface area contributed by atoms with Gasteiger partial charge in [-0.15, -0.1) is 0 Å². The smallest absolute Gasteiger partial charge is 0.435 e. The summed E-state index contributed by atoms with van der Waals surface area (Å²) in [7, 11) is 1.29. The third-order valence-electron chi connectivity index (χ3n) is 5.77. The zero-order valence-corrected chi connectivity index (χ0v) is 24.0. The van der Waals surface area contributed by atoms with E-state index >= 15 is 0 Å². The van der Waals surface area contributed by atoms with E-state index in [0.29, 0.717) is 23.3 Å². The van der Waals surface area contributed by atoms with E-state index in [4.69, 9.17) is 14.2 Å². The Morgan fingerprint density at radius 3 is 2.21 bits per heavy atom. The van der Waals surface area contributed by atoms with Gasteiger partial charge in [-0.3, -0.25) is 9.59 Å². The molecule has 0 fully saturated rings. The fourth-order valence-electron chi connectivity index (χ4n) is 3.85. The molecule has 14 nitrogen and oxygen atoms in total. The number of hydrogen-bond donors (Lipinski definition) is 2. The number of pyridine rings is 1. The molecule has 3 aromatic heterocycles. The number of amides is 1. The van der Waals surface area contributed by atoms with Crippen LogP contribution in [0, 0.1) is 0 Å². The number of anilines is 2. The Labute approximate surface area is 242 Å². The van der Waals surface area contributed by atoms with Crippen LogP contribution >= 0.6 is 0 Å². The van der Waals surface area contributed by atoms with Gasteiger partial charge in [-0.05, 0) is 6.07 Å². The minimum Gasteiger partial charge on any atom is -0.497 e. The van der Waals surface area contributed by atoms with Crippen molar-refractivity contribution in [1.82, 2.24) is 29.0 Å². The molecule has 0 saturated carbocycles. The summed E-state index contributed by atoms with van der Waals surface area (Å²) in [5, 5.41) is 6.56. The molecule has 1 amide bonds. The van der Waals surface area contributed by atoms with Crippen LogP contribution in [0.3, 0.4) is 0 Å². The van der Waals surface area contributed by atoms with Gasteiger partial charge in [0.25, 0.3) is 11.5 Å². The lowest BCUT2D eigenvalue weighted by Crippen LogP contribution is -2.35. The highest BCUT2D eigenvalue weighted by Gasteiger charge is 2.36. The van der Waals surface area contributed by atoms with Gasteiger partial charge >= 0.3 is 6.18 Å². The van der Waals surface area contributed by atoms with Gasteiger partial charge in [0.1, 0.15) is 17.1 Å². The summed E-state index contributed by atoms with van der Waals surface area (Å²) in [6.07, 6.45) is -1.62. The fourth-order valence-corrected chi connectivity index (χ4v) is 4.30. The maximum atomic E-state index is 13.6. The molecular weight excluding hydrogens is 599 g/mol. The predicted octanol–water partition coefficient (Wildman–Crippen LogP) is 2.51. The highest BCUT2D eigenvalue weighted by molar-refractivity contribution is 7.89. The first-order valence-electron chi connectivity index (χ1n) is 12.0. The second kappa shape index (κ2) is 11.6. The summed E-state index contributed by atoms with van der Waals surface area (Å²) in [4.78, 5) is 33.9. The molecule has 0 bridgehead atoms. The fraction of sp³-hybridized carbons (Fsp3) is 0.240. The molecule has 228 valence electrons. The van der Waals surface area contributed by atoms with Crippen LogP contribution in [-0.4, -0.2) is 66.2 Å². The highest BCUT2D eigenvalue weighted by Crippen LogP contribution is 2.35. The van der Waals surface area contributed by atoms with Gasteiger partial charge in [0, 0.05) is 60.5 Å². The van der Waals surface area contributed by atoms with Gasteiger partial charge in [-0.1, -0.05) is 0 Å². The lowest BCUT2D eigenvalue weighted by molar-refractivity contribution is -0.141. The number of aryl methyl sites for hydroxylation is 1. The number of methoxy groups -OCH3 is 3. The number of aromatic nitrogens is 5. The maximum Gasteiger partial charge on any atom is 0.435 e. The van der Waals surface area contributed by atoms with Gasteiger partial charge in [0.15, 0.2) is 11.5 Å². The molecule has 3 heterocycles. The van der Waals surface area contributed by atoms with Gasteiger partial charge in [0.05, 0.1) is 27.6 Å². The molecule has 4 aromatic rings. The summed E-state index contributed by atoms with van der Waals surface area (Å²) >= 11 is 0. The lowest BCUT2D eigenvalue weighted by Gasteiger charge is -2.15. The number of hydrogen-bond acceptors (Lipinski definition) is 11. The molecule has 1 aromatic carbocycles. The Bertz CT molecular complexity index is 1850. The number of benzene rings is 1. The number of carbonyl (C=O) groups is 1. The zero-order chi connectivity index (χ0) is 31.7. The molecule has 0 radical (unpaired) electrons. The number of halogens is 3. The number of ether oxygens (including phenoxy) is 3. The number of nitrogens with zero attached hydrogens (tertiary/aromatic N) is 5. The topological polar surface area (TPSA) is 169 Å². The van der Waals surface area contributed by atoms with Crippen molar-refractivity contribution >= 4 is 27.6 Å². The molecule has 4 rings (SSSR count). The third kappa shape index (κ3) is 6.85. The van der Waals surface area contributed by atoms with Gasteiger partial charge < -0.3 is 24.1 Å². The minimum absolute atomic E-state index is 0.00732. The first-order chi connectivity index (χ1) is 20.1. The van der Waals surface area contributed by atoms with E-state index in [1.807, 2.05) is 0 Å².